The Balaban J connectivity index is 1.27. The summed E-state index contributed by atoms with van der Waals surface area (Å²) in [5.41, 5.74) is 1.92. The van der Waals surface area contributed by atoms with Gasteiger partial charge in [0.25, 0.3) is 0 Å². The molecule has 3 aromatic rings. The molecule has 2 aliphatic rings. The highest BCUT2D eigenvalue weighted by Gasteiger charge is 2.48. The summed E-state index contributed by atoms with van der Waals surface area (Å²) in [6.07, 6.45) is 3.09. The number of nitrogens with one attached hydrogen (secondary N) is 1. The molecule has 2 heterocycles. The largest absolute Gasteiger partial charge is 0.469 e. The zero-order chi connectivity index (χ0) is 27.6. The highest BCUT2D eigenvalue weighted by Crippen LogP contribution is 2.36. The molecule has 0 bridgehead atoms. The van der Waals surface area contributed by atoms with Crippen LogP contribution in [0, 0.1) is 5.92 Å². The van der Waals surface area contributed by atoms with Gasteiger partial charge in [0.15, 0.2) is 5.13 Å². The molecule has 1 saturated heterocycles. The molecule has 39 heavy (non-hydrogen) atoms. The molecule has 2 fully saturated rings. The molecule has 1 aliphatic carbocycles. The molecule has 1 saturated carbocycles. The second kappa shape index (κ2) is 12.1. The maximum Gasteiger partial charge on any atom is 0.330 e. The predicted octanol–water partition coefficient (Wildman–Crippen LogP) is 6.93. The highest BCUT2D eigenvalue weighted by molar-refractivity contribution is 7.22. The van der Waals surface area contributed by atoms with Crippen LogP contribution in [0.25, 0.3) is 10.2 Å². The van der Waals surface area contributed by atoms with E-state index in [1.54, 1.807) is 24.3 Å². The molecule has 1 aliphatic heterocycles. The van der Waals surface area contributed by atoms with Crippen LogP contribution >= 0.6 is 34.5 Å². The molecule has 1 unspecified atom stereocenters. The Morgan fingerprint density at radius 1 is 1.13 bits per heavy atom. The van der Waals surface area contributed by atoms with Gasteiger partial charge < -0.3 is 14.8 Å². The van der Waals surface area contributed by atoms with E-state index in [1.807, 2.05) is 12.1 Å². The van der Waals surface area contributed by atoms with Crippen LogP contribution in [0.5, 0.6) is 0 Å². The van der Waals surface area contributed by atoms with Gasteiger partial charge in [-0.3, -0.25) is 9.59 Å². The molecule has 0 spiro atoms. The molecular formula is C28H30Cl2FN3O4S. The zero-order valence-corrected chi connectivity index (χ0v) is 23.9. The number of aromatic nitrogens is 1. The quantitative estimate of drug-likeness (QED) is 0.213. The predicted molar refractivity (Wildman–Crippen MR) is 152 cm³/mol. The van der Waals surface area contributed by atoms with Gasteiger partial charge in [0.05, 0.1) is 39.6 Å². The van der Waals surface area contributed by atoms with Gasteiger partial charge >= 0.3 is 11.9 Å². The lowest BCUT2D eigenvalue weighted by molar-refractivity contribution is -0.252. The number of Topliss-reactive ketones (excluding diaryl/α,β-unsaturated/α-hetero) is 1. The zero-order valence-electron chi connectivity index (χ0n) is 21.6. The molecule has 1 aromatic heterocycles. The number of esters is 1. The fourth-order valence-electron chi connectivity index (χ4n) is 5.27. The van der Waals surface area contributed by atoms with Crippen molar-refractivity contribution in [2.45, 2.75) is 57.0 Å². The van der Waals surface area contributed by atoms with Gasteiger partial charge in [0.2, 0.25) is 5.78 Å². The summed E-state index contributed by atoms with van der Waals surface area (Å²) in [7, 11) is 1.37. The fraction of sp³-hybridized carbons (Fsp3) is 0.464. The van der Waals surface area contributed by atoms with Crippen LogP contribution in [-0.2, 0) is 25.5 Å². The van der Waals surface area contributed by atoms with Crippen LogP contribution in [0.4, 0.5) is 15.2 Å². The van der Waals surface area contributed by atoms with Gasteiger partial charge in [0, 0.05) is 19.5 Å². The number of likely N-dealkylation sites (tertiary alicyclic amines) is 1. The van der Waals surface area contributed by atoms with E-state index in [4.69, 9.17) is 32.7 Å². The number of hydrogen-bond donors (Lipinski definition) is 1. The summed E-state index contributed by atoms with van der Waals surface area (Å²) in [6, 6.07) is 10.8. The summed E-state index contributed by atoms with van der Waals surface area (Å²) in [6.45, 7) is 0.908. The first kappa shape index (κ1) is 28.2. The summed E-state index contributed by atoms with van der Waals surface area (Å²) < 4.78 is 28.2. The van der Waals surface area contributed by atoms with Crippen molar-refractivity contribution in [3.8, 4) is 0 Å². The minimum atomic E-state index is -2.52. The van der Waals surface area contributed by atoms with Crippen molar-refractivity contribution in [2.24, 2.45) is 5.92 Å². The molecule has 5 rings (SSSR count). The average Bonchev–Trinajstić information content (AvgIpc) is 3.61. The first-order chi connectivity index (χ1) is 18.8. The van der Waals surface area contributed by atoms with Crippen LogP contribution in [0.2, 0.25) is 10.0 Å². The lowest BCUT2D eigenvalue weighted by atomic mass is 9.87. The molecule has 208 valence electrons. The summed E-state index contributed by atoms with van der Waals surface area (Å²) in [4.78, 5) is 31.3. The number of nitrogens with zero attached hydrogens (tertiary/aromatic N) is 2. The number of alkyl halides is 1. The number of methoxy groups -OCH3 is 1. The average molecular weight is 595 g/mol. The van der Waals surface area contributed by atoms with Gasteiger partial charge in [-0.2, -0.15) is 4.39 Å². The van der Waals surface area contributed by atoms with E-state index in [9.17, 15) is 9.59 Å². The third-order valence-electron chi connectivity index (χ3n) is 7.40. The van der Waals surface area contributed by atoms with Crippen molar-refractivity contribution in [1.82, 2.24) is 9.88 Å². The van der Waals surface area contributed by atoms with Crippen molar-refractivity contribution >= 4 is 67.3 Å². The Hall–Kier alpha value is -2.30. The number of thiazole rings is 1. The molecule has 7 nitrogen and oxygen atoms in total. The lowest BCUT2D eigenvalue weighted by Crippen LogP contribution is -2.54. The summed E-state index contributed by atoms with van der Waals surface area (Å²) >= 11 is 14.2. The van der Waals surface area contributed by atoms with Gasteiger partial charge in [-0.25, -0.2) is 9.88 Å². The topological polar surface area (TPSA) is 80.8 Å². The number of ether oxygens (including phenoxy) is 2. The molecule has 2 aromatic carbocycles. The number of ketones is 1. The van der Waals surface area contributed by atoms with E-state index in [0.29, 0.717) is 70.7 Å². The number of halogens is 3. The maximum absolute atomic E-state index is 16.5. The Bertz CT molecular complexity index is 1360. The van der Waals surface area contributed by atoms with Gasteiger partial charge in [-0.15, -0.1) is 0 Å². The SMILES string of the molecule is COC(=O)[C@H]1CC[C@H](OC(F)(C(=O)Cc2ccc(Nc3nc4c(Cl)cccc4s3)c(Cl)c2)N2CCCC2)CC1. The van der Waals surface area contributed by atoms with E-state index in [1.165, 1.54) is 23.3 Å². The third-order valence-corrected chi connectivity index (χ3v) is 8.95. The highest BCUT2D eigenvalue weighted by atomic mass is 35.5. The van der Waals surface area contributed by atoms with E-state index >= 15 is 4.39 Å². The van der Waals surface area contributed by atoms with Crippen molar-refractivity contribution in [2.75, 3.05) is 25.5 Å². The molecule has 1 N–H and O–H groups in total. The van der Waals surface area contributed by atoms with E-state index < -0.39 is 17.9 Å². The molecule has 1 atom stereocenters. The second-order valence-electron chi connectivity index (χ2n) is 10.0. The second-order valence-corrected chi connectivity index (χ2v) is 11.9. The fourth-order valence-corrected chi connectivity index (χ4v) is 6.70. The number of fused-ring (bicyclic) bond motifs is 1. The monoisotopic (exact) mass is 593 g/mol. The van der Waals surface area contributed by atoms with Gasteiger partial charge in [-0.05, 0) is 68.4 Å². The Morgan fingerprint density at radius 3 is 2.54 bits per heavy atom. The lowest BCUT2D eigenvalue weighted by Gasteiger charge is -2.37. The van der Waals surface area contributed by atoms with Crippen LogP contribution in [0.3, 0.4) is 0 Å². The van der Waals surface area contributed by atoms with Crippen LogP contribution in [0.15, 0.2) is 36.4 Å². The van der Waals surface area contributed by atoms with Crippen molar-refractivity contribution in [3.05, 3.63) is 52.0 Å². The summed E-state index contributed by atoms with van der Waals surface area (Å²) in [5.74, 6) is -3.64. The van der Waals surface area contributed by atoms with Crippen molar-refractivity contribution in [3.63, 3.8) is 0 Å². The minimum absolute atomic E-state index is 0.165. The number of hydrogen-bond acceptors (Lipinski definition) is 8. The number of carbonyl (C=O) groups is 2. The van der Waals surface area contributed by atoms with E-state index in [-0.39, 0.29) is 18.3 Å². The first-order valence-electron chi connectivity index (χ1n) is 13.1. The number of para-hydroxylation sites is 1. The van der Waals surface area contributed by atoms with E-state index in [0.717, 1.165) is 17.5 Å². The first-order valence-corrected chi connectivity index (χ1v) is 14.7. The Morgan fingerprint density at radius 2 is 1.87 bits per heavy atom. The molecular weight excluding hydrogens is 564 g/mol. The smallest absolute Gasteiger partial charge is 0.330 e. The molecule has 11 heteroatoms. The van der Waals surface area contributed by atoms with Crippen molar-refractivity contribution in [1.29, 1.82) is 0 Å². The van der Waals surface area contributed by atoms with E-state index in [2.05, 4.69) is 10.3 Å². The van der Waals surface area contributed by atoms with Gasteiger partial charge in [0.1, 0.15) is 5.52 Å². The minimum Gasteiger partial charge on any atom is -0.469 e. The van der Waals surface area contributed by atoms with Crippen LogP contribution in [-0.4, -0.2) is 53.9 Å². The maximum atomic E-state index is 16.5. The Labute approximate surface area is 240 Å². The van der Waals surface area contributed by atoms with Crippen LogP contribution < -0.4 is 5.32 Å². The Kier molecular flexibility index (Phi) is 8.73. The molecule has 0 amide bonds. The summed E-state index contributed by atoms with van der Waals surface area (Å²) in [5, 5.41) is 4.80. The number of anilines is 2. The standard InChI is InChI=1S/C28H30Cl2FN3O4S/c1-37-26(36)18-8-10-19(11-9-18)38-28(31,34-13-2-3-14-34)24(35)16-17-7-12-22(21(30)15-17)32-27-33-25-20(29)5-4-6-23(25)39-27/h4-7,12,15,18-19H,2-3,8-11,13-14,16H2,1H3,(H,32,33)/t18-,19-,28?. The van der Waals surface area contributed by atoms with Crippen molar-refractivity contribution < 1.29 is 23.5 Å². The van der Waals surface area contributed by atoms with Crippen LogP contribution in [0.1, 0.15) is 44.1 Å². The number of carbonyl (C=O) groups excluding carboxylic acids is 2. The third kappa shape index (κ3) is 6.23. The normalized spacial score (nSPS) is 21.5. The number of rotatable bonds is 9. The number of benzene rings is 2. The van der Waals surface area contributed by atoms with Gasteiger partial charge in [-0.1, -0.05) is 46.7 Å². The molecule has 0 radical (unpaired) electrons.